The van der Waals surface area contributed by atoms with E-state index in [1.807, 2.05) is 0 Å². The molecule has 0 saturated carbocycles. The number of hydrogen-bond acceptors (Lipinski definition) is 2. The SMILES string of the molecule is CCCNCCOCCCC(F)(F)F. The summed E-state index contributed by atoms with van der Waals surface area (Å²) >= 11 is 0. The van der Waals surface area contributed by atoms with E-state index in [1.165, 1.54) is 0 Å². The molecule has 0 fully saturated rings. The molecular formula is C9H18F3NO. The first-order valence-corrected chi connectivity index (χ1v) is 4.91. The molecule has 86 valence electrons. The number of rotatable bonds is 8. The normalized spacial score (nSPS) is 12.0. The van der Waals surface area contributed by atoms with Crippen LogP contribution in [0.2, 0.25) is 0 Å². The van der Waals surface area contributed by atoms with Crippen molar-refractivity contribution in [3.05, 3.63) is 0 Å². The highest BCUT2D eigenvalue weighted by atomic mass is 19.4. The van der Waals surface area contributed by atoms with Gasteiger partial charge in [-0.3, -0.25) is 0 Å². The number of halogens is 3. The van der Waals surface area contributed by atoms with E-state index in [9.17, 15) is 13.2 Å². The van der Waals surface area contributed by atoms with Crippen LogP contribution in [0, 0.1) is 0 Å². The zero-order valence-electron chi connectivity index (χ0n) is 8.49. The highest BCUT2D eigenvalue weighted by Gasteiger charge is 2.25. The molecule has 0 aliphatic rings. The summed E-state index contributed by atoms with van der Waals surface area (Å²) < 4.78 is 40.0. The van der Waals surface area contributed by atoms with Crippen molar-refractivity contribution in [3.63, 3.8) is 0 Å². The summed E-state index contributed by atoms with van der Waals surface area (Å²) in [6, 6.07) is 0. The topological polar surface area (TPSA) is 21.3 Å². The summed E-state index contributed by atoms with van der Waals surface area (Å²) in [5.74, 6) is 0. The molecule has 0 aromatic rings. The molecule has 0 atom stereocenters. The Labute approximate surface area is 82.8 Å². The molecule has 0 radical (unpaired) electrons. The van der Waals surface area contributed by atoms with Crippen molar-refractivity contribution in [1.29, 1.82) is 0 Å². The van der Waals surface area contributed by atoms with Gasteiger partial charge in [0.1, 0.15) is 0 Å². The molecule has 0 rings (SSSR count). The van der Waals surface area contributed by atoms with Crippen molar-refractivity contribution in [2.45, 2.75) is 32.4 Å². The Balaban J connectivity index is 2.99. The lowest BCUT2D eigenvalue weighted by Gasteiger charge is -2.07. The van der Waals surface area contributed by atoms with Crippen LogP contribution in [0.15, 0.2) is 0 Å². The van der Waals surface area contributed by atoms with Crippen LogP contribution in [0.1, 0.15) is 26.2 Å². The lowest BCUT2D eigenvalue weighted by atomic mass is 10.3. The van der Waals surface area contributed by atoms with Crippen LogP contribution in [0.25, 0.3) is 0 Å². The van der Waals surface area contributed by atoms with Gasteiger partial charge in [0.05, 0.1) is 6.61 Å². The largest absolute Gasteiger partial charge is 0.389 e. The number of nitrogens with one attached hydrogen (secondary N) is 1. The molecule has 0 bridgehead atoms. The molecule has 0 heterocycles. The Bertz CT molecular complexity index is 128. The Kier molecular flexibility index (Phi) is 7.89. The van der Waals surface area contributed by atoms with Crippen molar-refractivity contribution in [2.24, 2.45) is 0 Å². The number of ether oxygens (including phenoxy) is 1. The Hall–Kier alpha value is -0.290. The average molecular weight is 213 g/mol. The smallest absolute Gasteiger partial charge is 0.380 e. The van der Waals surface area contributed by atoms with Gasteiger partial charge < -0.3 is 10.1 Å². The second-order valence-electron chi connectivity index (χ2n) is 3.08. The minimum absolute atomic E-state index is 0.0529. The van der Waals surface area contributed by atoms with Crippen molar-refractivity contribution >= 4 is 0 Å². The molecule has 0 unspecified atom stereocenters. The number of alkyl halides is 3. The maximum Gasteiger partial charge on any atom is 0.389 e. The third-order valence-electron chi connectivity index (χ3n) is 1.60. The van der Waals surface area contributed by atoms with E-state index in [1.54, 1.807) is 0 Å². The fourth-order valence-corrected chi connectivity index (χ4v) is 0.923. The molecular weight excluding hydrogens is 195 g/mol. The highest BCUT2D eigenvalue weighted by molar-refractivity contribution is 4.50. The summed E-state index contributed by atoms with van der Waals surface area (Å²) in [6.45, 7) is 4.36. The van der Waals surface area contributed by atoms with E-state index in [0.717, 1.165) is 13.0 Å². The molecule has 2 nitrogen and oxygen atoms in total. The zero-order chi connectivity index (χ0) is 10.9. The minimum atomic E-state index is -4.05. The molecule has 0 amide bonds. The highest BCUT2D eigenvalue weighted by Crippen LogP contribution is 2.20. The van der Waals surface area contributed by atoms with E-state index in [0.29, 0.717) is 13.2 Å². The molecule has 1 N–H and O–H groups in total. The maximum atomic E-state index is 11.7. The van der Waals surface area contributed by atoms with Crippen LogP contribution in [0.5, 0.6) is 0 Å². The Morgan fingerprint density at radius 3 is 2.43 bits per heavy atom. The molecule has 0 saturated heterocycles. The molecule has 0 aromatic heterocycles. The predicted octanol–water partition coefficient (Wildman–Crippen LogP) is 2.35. The Morgan fingerprint density at radius 2 is 1.86 bits per heavy atom. The van der Waals surface area contributed by atoms with Gasteiger partial charge in [0.2, 0.25) is 0 Å². The lowest BCUT2D eigenvalue weighted by Crippen LogP contribution is -2.20. The van der Waals surface area contributed by atoms with Gasteiger partial charge in [0.25, 0.3) is 0 Å². The van der Waals surface area contributed by atoms with Gasteiger partial charge in [-0.15, -0.1) is 0 Å². The molecule has 0 aromatic carbocycles. The van der Waals surface area contributed by atoms with E-state index < -0.39 is 12.6 Å². The predicted molar refractivity (Wildman–Crippen MR) is 49.3 cm³/mol. The van der Waals surface area contributed by atoms with Gasteiger partial charge in [-0.1, -0.05) is 6.92 Å². The molecule has 0 aliphatic heterocycles. The fraction of sp³-hybridized carbons (Fsp3) is 1.00. The van der Waals surface area contributed by atoms with Crippen molar-refractivity contribution in [2.75, 3.05) is 26.3 Å². The average Bonchev–Trinajstić information content (AvgIpc) is 2.08. The molecule has 0 aliphatic carbocycles. The summed E-state index contributed by atoms with van der Waals surface area (Å²) in [7, 11) is 0. The third-order valence-corrected chi connectivity index (χ3v) is 1.60. The van der Waals surface area contributed by atoms with Gasteiger partial charge in [-0.2, -0.15) is 13.2 Å². The van der Waals surface area contributed by atoms with E-state index in [2.05, 4.69) is 12.2 Å². The molecule has 5 heteroatoms. The van der Waals surface area contributed by atoms with Crippen molar-refractivity contribution in [3.8, 4) is 0 Å². The Morgan fingerprint density at radius 1 is 1.14 bits per heavy atom. The summed E-state index contributed by atoms with van der Waals surface area (Å²) in [5.41, 5.74) is 0. The molecule has 14 heavy (non-hydrogen) atoms. The lowest BCUT2D eigenvalue weighted by molar-refractivity contribution is -0.137. The van der Waals surface area contributed by atoms with Gasteiger partial charge in [0.15, 0.2) is 0 Å². The van der Waals surface area contributed by atoms with Crippen LogP contribution in [-0.2, 0) is 4.74 Å². The fourth-order valence-electron chi connectivity index (χ4n) is 0.923. The van der Waals surface area contributed by atoms with Crippen molar-refractivity contribution < 1.29 is 17.9 Å². The van der Waals surface area contributed by atoms with Gasteiger partial charge in [-0.05, 0) is 19.4 Å². The van der Waals surface area contributed by atoms with E-state index in [4.69, 9.17) is 4.74 Å². The van der Waals surface area contributed by atoms with Gasteiger partial charge in [0, 0.05) is 19.6 Å². The van der Waals surface area contributed by atoms with E-state index >= 15 is 0 Å². The third kappa shape index (κ3) is 11.7. The zero-order valence-corrected chi connectivity index (χ0v) is 8.49. The summed E-state index contributed by atoms with van der Waals surface area (Å²) in [6.07, 6.45) is -3.70. The van der Waals surface area contributed by atoms with E-state index in [-0.39, 0.29) is 13.0 Å². The first-order chi connectivity index (χ1) is 6.56. The summed E-state index contributed by atoms with van der Waals surface area (Å²) in [4.78, 5) is 0. The minimum Gasteiger partial charge on any atom is -0.380 e. The van der Waals surface area contributed by atoms with Crippen molar-refractivity contribution in [1.82, 2.24) is 5.32 Å². The summed E-state index contributed by atoms with van der Waals surface area (Å²) in [5, 5.41) is 3.09. The second-order valence-corrected chi connectivity index (χ2v) is 3.08. The standard InChI is InChI=1S/C9H18F3NO/c1-2-5-13-6-8-14-7-3-4-9(10,11)12/h13H,2-8H2,1H3. The monoisotopic (exact) mass is 213 g/mol. The van der Waals surface area contributed by atoms with Crippen LogP contribution >= 0.6 is 0 Å². The van der Waals surface area contributed by atoms with Gasteiger partial charge in [-0.25, -0.2) is 0 Å². The van der Waals surface area contributed by atoms with Crippen LogP contribution in [0.3, 0.4) is 0 Å². The maximum absolute atomic E-state index is 11.7. The molecule has 0 spiro atoms. The first kappa shape index (κ1) is 13.7. The second kappa shape index (κ2) is 8.05. The quantitative estimate of drug-likeness (QED) is 0.625. The van der Waals surface area contributed by atoms with Crippen LogP contribution in [-0.4, -0.2) is 32.5 Å². The number of hydrogen-bond donors (Lipinski definition) is 1. The van der Waals surface area contributed by atoms with Crippen LogP contribution < -0.4 is 5.32 Å². The van der Waals surface area contributed by atoms with Gasteiger partial charge >= 0.3 is 6.18 Å². The van der Waals surface area contributed by atoms with Crippen LogP contribution in [0.4, 0.5) is 13.2 Å². The first-order valence-electron chi connectivity index (χ1n) is 4.91.